The summed E-state index contributed by atoms with van der Waals surface area (Å²) in [5.74, 6) is 0. The van der Waals surface area contributed by atoms with Gasteiger partial charge in [-0.25, -0.2) is 0 Å². The predicted molar refractivity (Wildman–Crippen MR) is 81.6 cm³/mol. The van der Waals surface area contributed by atoms with Crippen LogP contribution in [0.3, 0.4) is 0 Å². The van der Waals surface area contributed by atoms with Crippen molar-refractivity contribution in [2.24, 2.45) is 0 Å². The van der Waals surface area contributed by atoms with Crippen molar-refractivity contribution >= 4 is 11.4 Å². The van der Waals surface area contributed by atoms with E-state index in [1.807, 2.05) is 0 Å². The van der Waals surface area contributed by atoms with Crippen LogP contribution in [-0.4, -0.2) is 6.04 Å². The van der Waals surface area contributed by atoms with E-state index < -0.39 is 0 Å². The number of rotatable bonds is 3. The van der Waals surface area contributed by atoms with Gasteiger partial charge in [-0.2, -0.15) is 0 Å². The third-order valence-electron chi connectivity index (χ3n) is 3.84. The lowest BCUT2D eigenvalue weighted by Gasteiger charge is -2.36. The van der Waals surface area contributed by atoms with Crippen molar-refractivity contribution in [3.05, 3.63) is 67.1 Å². The minimum Gasteiger partial charge on any atom is -0.338 e. The zero-order valence-corrected chi connectivity index (χ0v) is 11.2. The van der Waals surface area contributed by atoms with Crippen molar-refractivity contribution in [3.63, 3.8) is 0 Å². The number of benzene rings is 2. The molecule has 0 aromatic heterocycles. The molecule has 1 aliphatic carbocycles. The van der Waals surface area contributed by atoms with Gasteiger partial charge in [-0.1, -0.05) is 36.4 Å². The third-order valence-corrected chi connectivity index (χ3v) is 3.84. The molecule has 0 heterocycles. The number of nitrogens with zero attached hydrogens (tertiary/aromatic N) is 1. The molecule has 0 unspecified atom stereocenters. The van der Waals surface area contributed by atoms with E-state index in [1.54, 1.807) is 0 Å². The Balaban J connectivity index is 1.96. The van der Waals surface area contributed by atoms with Gasteiger partial charge in [-0.3, -0.25) is 0 Å². The van der Waals surface area contributed by atoms with Crippen LogP contribution in [0.25, 0.3) is 0 Å². The van der Waals surface area contributed by atoms with Crippen molar-refractivity contribution < 1.29 is 0 Å². The number of anilines is 2. The smallest absolute Gasteiger partial charge is 0.0413 e. The topological polar surface area (TPSA) is 3.24 Å². The average Bonchev–Trinajstić information content (AvgIpc) is 2.51. The largest absolute Gasteiger partial charge is 0.338 e. The van der Waals surface area contributed by atoms with Crippen LogP contribution in [0.15, 0.2) is 60.7 Å². The molecule has 1 heteroatoms. The highest BCUT2D eigenvalue weighted by molar-refractivity contribution is 5.64. The Morgan fingerprint density at radius 2 is 1.16 bits per heavy atom. The van der Waals surface area contributed by atoms with Crippen molar-refractivity contribution in [3.8, 4) is 0 Å². The first-order valence-corrected chi connectivity index (χ1v) is 7.16. The molecule has 1 nitrogen and oxygen atoms in total. The average molecular weight is 250 g/mol. The maximum absolute atomic E-state index is 2.51. The molecular formula is C18H20N. The van der Waals surface area contributed by atoms with Crippen LogP contribution in [0.1, 0.15) is 25.7 Å². The van der Waals surface area contributed by atoms with E-state index in [1.165, 1.54) is 37.1 Å². The monoisotopic (exact) mass is 250 g/mol. The fourth-order valence-corrected chi connectivity index (χ4v) is 2.92. The van der Waals surface area contributed by atoms with Crippen LogP contribution < -0.4 is 4.90 Å². The van der Waals surface area contributed by atoms with E-state index in [2.05, 4.69) is 72.0 Å². The molecule has 1 radical (unpaired) electrons. The van der Waals surface area contributed by atoms with E-state index in [0.29, 0.717) is 6.04 Å². The van der Waals surface area contributed by atoms with Gasteiger partial charge in [0.2, 0.25) is 0 Å². The molecule has 2 aromatic carbocycles. The first-order valence-electron chi connectivity index (χ1n) is 7.16. The Hall–Kier alpha value is -1.76. The molecule has 0 bridgehead atoms. The highest BCUT2D eigenvalue weighted by Crippen LogP contribution is 2.33. The van der Waals surface area contributed by atoms with Gasteiger partial charge < -0.3 is 4.90 Å². The first-order chi connectivity index (χ1) is 9.45. The summed E-state index contributed by atoms with van der Waals surface area (Å²) < 4.78 is 0. The van der Waals surface area contributed by atoms with Crippen molar-refractivity contribution in [1.82, 2.24) is 0 Å². The zero-order chi connectivity index (χ0) is 12.9. The van der Waals surface area contributed by atoms with Crippen molar-refractivity contribution in [2.75, 3.05) is 4.90 Å². The zero-order valence-electron chi connectivity index (χ0n) is 11.2. The minimum atomic E-state index is 0.620. The molecule has 3 rings (SSSR count). The molecule has 19 heavy (non-hydrogen) atoms. The van der Waals surface area contributed by atoms with Gasteiger partial charge in [0.1, 0.15) is 0 Å². The highest BCUT2D eigenvalue weighted by atomic mass is 15.2. The lowest BCUT2D eigenvalue weighted by molar-refractivity contribution is 0.498. The van der Waals surface area contributed by atoms with Crippen LogP contribution >= 0.6 is 0 Å². The summed E-state index contributed by atoms with van der Waals surface area (Å²) in [5.41, 5.74) is 2.61. The summed E-state index contributed by atoms with van der Waals surface area (Å²) >= 11 is 0. The van der Waals surface area contributed by atoms with Gasteiger partial charge in [0.15, 0.2) is 0 Å². The van der Waals surface area contributed by atoms with Gasteiger partial charge >= 0.3 is 0 Å². The maximum Gasteiger partial charge on any atom is 0.0413 e. The lowest BCUT2D eigenvalue weighted by atomic mass is 9.93. The summed E-state index contributed by atoms with van der Waals surface area (Å²) in [7, 11) is 0. The number of para-hydroxylation sites is 2. The lowest BCUT2D eigenvalue weighted by Crippen LogP contribution is -2.32. The van der Waals surface area contributed by atoms with E-state index in [-0.39, 0.29) is 0 Å². The quantitative estimate of drug-likeness (QED) is 0.743. The van der Waals surface area contributed by atoms with E-state index in [0.717, 1.165) is 0 Å². The van der Waals surface area contributed by atoms with Crippen molar-refractivity contribution in [2.45, 2.75) is 31.7 Å². The molecule has 97 valence electrons. The fourth-order valence-electron chi connectivity index (χ4n) is 2.92. The SMILES string of the molecule is [CH]1CCC(N(c2ccccc2)c2ccccc2)CC1. The van der Waals surface area contributed by atoms with Crippen LogP contribution in [-0.2, 0) is 0 Å². The Morgan fingerprint density at radius 1 is 0.684 bits per heavy atom. The summed E-state index contributed by atoms with van der Waals surface area (Å²) in [6, 6.07) is 22.1. The molecule has 2 aromatic rings. The fraction of sp³-hybridized carbons (Fsp3) is 0.278. The van der Waals surface area contributed by atoms with Crippen LogP contribution in [0, 0.1) is 6.42 Å². The Bertz CT molecular complexity index is 446. The second-order valence-corrected chi connectivity index (χ2v) is 5.14. The molecule has 0 spiro atoms. The van der Waals surface area contributed by atoms with Gasteiger partial charge in [0, 0.05) is 17.4 Å². The summed E-state index contributed by atoms with van der Waals surface area (Å²) in [5, 5.41) is 0. The third kappa shape index (κ3) is 2.81. The molecule has 0 atom stereocenters. The summed E-state index contributed by atoms with van der Waals surface area (Å²) in [6.45, 7) is 0. The maximum atomic E-state index is 2.51. The van der Waals surface area contributed by atoms with E-state index in [4.69, 9.17) is 0 Å². The van der Waals surface area contributed by atoms with Crippen LogP contribution in [0.5, 0.6) is 0 Å². The van der Waals surface area contributed by atoms with E-state index >= 15 is 0 Å². The second-order valence-electron chi connectivity index (χ2n) is 5.14. The summed E-state index contributed by atoms with van der Waals surface area (Å²) in [4.78, 5) is 2.51. The first kappa shape index (κ1) is 12.3. The molecule has 0 aliphatic heterocycles. The molecule has 0 amide bonds. The normalized spacial score (nSPS) is 16.2. The second kappa shape index (κ2) is 5.92. The van der Waals surface area contributed by atoms with Gasteiger partial charge in [-0.05, 0) is 56.4 Å². The van der Waals surface area contributed by atoms with E-state index in [9.17, 15) is 0 Å². The number of hydrogen-bond donors (Lipinski definition) is 0. The van der Waals surface area contributed by atoms with Crippen molar-refractivity contribution in [1.29, 1.82) is 0 Å². The molecule has 0 N–H and O–H groups in total. The van der Waals surface area contributed by atoms with Gasteiger partial charge in [0.25, 0.3) is 0 Å². The Labute approximate surface area is 115 Å². The number of hydrogen-bond acceptors (Lipinski definition) is 1. The standard InChI is InChI=1S/C18H20N/c1-4-10-16(11-5-1)19(17-12-6-2-7-13-17)18-14-8-3-9-15-18/h1-7,10-13,18H,8-9,14-15H2. The molecule has 1 aliphatic rings. The van der Waals surface area contributed by atoms with Gasteiger partial charge in [-0.15, -0.1) is 0 Å². The molecule has 0 saturated heterocycles. The molecule has 1 saturated carbocycles. The minimum absolute atomic E-state index is 0.620. The molecule has 1 fully saturated rings. The van der Waals surface area contributed by atoms with Gasteiger partial charge in [0.05, 0.1) is 0 Å². The molecular weight excluding hydrogens is 230 g/mol. The highest BCUT2D eigenvalue weighted by Gasteiger charge is 2.22. The predicted octanol–water partition coefficient (Wildman–Crippen LogP) is 4.97. The summed E-state index contributed by atoms with van der Waals surface area (Å²) in [6.07, 6.45) is 7.40. The Kier molecular flexibility index (Phi) is 3.83. The van der Waals surface area contributed by atoms with Crippen LogP contribution in [0.2, 0.25) is 0 Å². The Morgan fingerprint density at radius 3 is 1.63 bits per heavy atom. The van der Waals surface area contributed by atoms with Crippen LogP contribution in [0.4, 0.5) is 11.4 Å².